The van der Waals surface area contributed by atoms with Crippen molar-refractivity contribution in [3.05, 3.63) is 28.2 Å². The molecule has 2 atom stereocenters. The van der Waals surface area contributed by atoms with Crippen LogP contribution in [0.2, 0.25) is 0 Å². The molecule has 0 radical (unpaired) electrons. The lowest BCUT2D eigenvalue weighted by Crippen LogP contribution is -2.39. The second kappa shape index (κ2) is 5.92. The van der Waals surface area contributed by atoms with Gasteiger partial charge < -0.3 is 15.3 Å². The van der Waals surface area contributed by atoms with Gasteiger partial charge >= 0.3 is 5.97 Å². The first kappa shape index (κ1) is 14.3. The molecular formula is C14H19BrN2O2. The summed E-state index contributed by atoms with van der Waals surface area (Å²) in [6.07, 6.45) is 0. The van der Waals surface area contributed by atoms with Crippen LogP contribution in [0.4, 0.5) is 5.69 Å². The van der Waals surface area contributed by atoms with Crippen molar-refractivity contribution < 1.29 is 9.90 Å². The van der Waals surface area contributed by atoms with E-state index < -0.39 is 5.97 Å². The summed E-state index contributed by atoms with van der Waals surface area (Å²) in [5.41, 5.74) is 2.25. The highest BCUT2D eigenvalue weighted by molar-refractivity contribution is 9.10. The molecule has 0 aromatic heterocycles. The zero-order valence-electron chi connectivity index (χ0n) is 11.2. The van der Waals surface area contributed by atoms with E-state index in [0.717, 1.165) is 16.7 Å². The lowest BCUT2D eigenvalue weighted by atomic mass is 10.1. The molecule has 1 fully saturated rings. The highest BCUT2D eigenvalue weighted by atomic mass is 79.9. The van der Waals surface area contributed by atoms with E-state index in [1.807, 2.05) is 6.92 Å². The van der Waals surface area contributed by atoms with Gasteiger partial charge in [0, 0.05) is 35.8 Å². The molecule has 5 heteroatoms. The number of carbonyl (C=O) groups is 1. The van der Waals surface area contributed by atoms with Gasteiger partial charge in [0.15, 0.2) is 0 Å². The fraction of sp³-hybridized carbons (Fsp3) is 0.500. The fourth-order valence-electron chi connectivity index (χ4n) is 2.34. The lowest BCUT2D eigenvalue weighted by Gasteiger charge is -2.30. The van der Waals surface area contributed by atoms with Crippen LogP contribution >= 0.6 is 15.9 Å². The smallest absolute Gasteiger partial charge is 0.309 e. The summed E-state index contributed by atoms with van der Waals surface area (Å²) in [5.74, 6) is -1.11. The number of hydrogen-bond acceptors (Lipinski definition) is 3. The van der Waals surface area contributed by atoms with E-state index in [9.17, 15) is 9.90 Å². The summed E-state index contributed by atoms with van der Waals surface area (Å²) >= 11 is 3.54. The van der Waals surface area contributed by atoms with E-state index in [2.05, 4.69) is 51.3 Å². The van der Waals surface area contributed by atoms with Crippen LogP contribution in [0.5, 0.6) is 0 Å². The Labute approximate surface area is 121 Å². The van der Waals surface area contributed by atoms with E-state index in [-0.39, 0.29) is 12.0 Å². The quantitative estimate of drug-likeness (QED) is 0.875. The summed E-state index contributed by atoms with van der Waals surface area (Å²) < 4.78 is 1.06. The van der Waals surface area contributed by atoms with Crippen molar-refractivity contribution >= 4 is 27.6 Å². The molecule has 1 saturated heterocycles. The highest BCUT2D eigenvalue weighted by Gasteiger charge is 2.27. The van der Waals surface area contributed by atoms with Crippen LogP contribution < -0.4 is 10.2 Å². The minimum Gasteiger partial charge on any atom is -0.481 e. The minimum absolute atomic E-state index is 0.277. The summed E-state index contributed by atoms with van der Waals surface area (Å²) in [4.78, 5) is 13.4. The Kier molecular flexibility index (Phi) is 4.47. The minimum atomic E-state index is -0.738. The molecular weight excluding hydrogens is 308 g/mol. The van der Waals surface area contributed by atoms with Crippen LogP contribution in [0.25, 0.3) is 0 Å². The number of carboxylic acid groups (broad SMARTS) is 1. The highest BCUT2D eigenvalue weighted by Crippen LogP contribution is 2.26. The van der Waals surface area contributed by atoms with E-state index in [0.29, 0.717) is 13.1 Å². The van der Waals surface area contributed by atoms with Gasteiger partial charge in [0.05, 0.1) is 5.92 Å². The summed E-state index contributed by atoms with van der Waals surface area (Å²) in [6, 6.07) is 6.45. The monoisotopic (exact) mass is 326 g/mol. The Balaban J connectivity index is 2.28. The standard InChI is InChI=1S/C14H19BrN2O2/c1-9-3-4-12(5-13(9)15)17-8-11(14(18)19)7-16-6-10(17)2/h3-5,10-11,16H,6-8H2,1-2H3,(H,18,19). The number of carboxylic acids is 1. The molecule has 1 aliphatic rings. The van der Waals surface area contributed by atoms with Crippen molar-refractivity contribution in [3.8, 4) is 0 Å². The lowest BCUT2D eigenvalue weighted by molar-refractivity contribution is -0.141. The van der Waals surface area contributed by atoms with E-state index >= 15 is 0 Å². The van der Waals surface area contributed by atoms with Crippen molar-refractivity contribution in [2.24, 2.45) is 5.92 Å². The van der Waals surface area contributed by atoms with Crippen LogP contribution in [0.15, 0.2) is 22.7 Å². The third-order valence-corrected chi connectivity index (χ3v) is 4.47. The first-order valence-electron chi connectivity index (χ1n) is 6.45. The van der Waals surface area contributed by atoms with E-state index in [1.165, 1.54) is 5.56 Å². The summed E-state index contributed by atoms with van der Waals surface area (Å²) in [5, 5.41) is 12.5. The molecule has 104 valence electrons. The maximum atomic E-state index is 11.2. The van der Waals surface area contributed by atoms with Crippen molar-refractivity contribution in [2.75, 3.05) is 24.5 Å². The molecule has 0 amide bonds. The topological polar surface area (TPSA) is 52.6 Å². The second-order valence-corrected chi connectivity index (χ2v) is 5.98. The van der Waals surface area contributed by atoms with Crippen LogP contribution in [-0.2, 0) is 4.79 Å². The Bertz CT molecular complexity index is 479. The van der Waals surface area contributed by atoms with E-state index in [4.69, 9.17) is 0 Å². The van der Waals surface area contributed by atoms with E-state index in [1.54, 1.807) is 0 Å². The van der Waals surface area contributed by atoms with Crippen LogP contribution in [0.1, 0.15) is 12.5 Å². The van der Waals surface area contributed by atoms with Gasteiger partial charge in [-0.2, -0.15) is 0 Å². The van der Waals surface area contributed by atoms with Crippen LogP contribution in [-0.4, -0.2) is 36.8 Å². The number of halogens is 1. The number of benzene rings is 1. The number of nitrogens with one attached hydrogen (secondary N) is 1. The molecule has 0 spiro atoms. The van der Waals surface area contributed by atoms with Gasteiger partial charge in [0.1, 0.15) is 0 Å². The Hall–Kier alpha value is -1.07. The molecule has 1 aromatic carbocycles. The molecule has 2 N–H and O–H groups in total. The third kappa shape index (κ3) is 3.28. The summed E-state index contributed by atoms with van der Waals surface area (Å²) in [6.45, 7) is 6.03. The normalized spacial score (nSPS) is 24.1. The molecule has 0 bridgehead atoms. The third-order valence-electron chi connectivity index (χ3n) is 3.62. The largest absolute Gasteiger partial charge is 0.481 e. The molecule has 1 aromatic rings. The number of aliphatic carboxylic acids is 1. The Morgan fingerprint density at radius 3 is 2.84 bits per heavy atom. The average Bonchev–Trinajstić information content (AvgIpc) is 2.55. The average molecular weight is 327 g/mol. The van der Waals surface area contributed by atoms with Crippen molar-refractivity contribution in [3.63, 3.8) is 0 Å². The Morgan fingerprint density at radius 2 is 2.21 bits per heavy atom. The molecule has 1 aliphatic heterocycles. The number of hydrogen-bond donors (Lipinski definition) is 2. The maximum absolute atomic E-state index is 11.2. The van der Waals surface area contributed by atoms with Crippen LogP contribution in [0, 0.1) is 12.8 Å². The predicted molar refractivity (Wildman–Crippen MR) is 79.7 cm³/mol. The van der Waals surface area contributed by atoms with Gasteiger partial charge in [-0.05, 0) is 31.5 Å². The van der Waals surface area contributed by atoms with Crippen molar-refractivity contribution in [1.29, 1.82) is 0 Å². The molecule has 19 heavy (non-hydrogen) atoms. The fourth-order valence-corrected chi connectivity index (χ4v) is 2.71. The number of anilines is 1. The number of aryl methyl sites for hydroxylation is 1. The zero-order valence-corrected chi connectivity index (χ0v) is 12.8. The van der Waals surface area contributed by atoms with Gasteiger partial charge in [-0.3, -0.25) is 4.79 Å². The van der Waals surface area contributed by atoms with Gasteiger partial charge in [-0.1, -0.05) is 22.0 Å². The molecule has 0 saturated carbocycles. The van der Waals surface area contributed by atoms with Gasteiger partial charge in [0.2, 0.25) is 0 Å². The number of nitrogens with zero attached hydrogens (tertiary/aromatic N) is 1. The number of rotatable bonds is 2. The van der Waals surface area contributed by atoms with Crippen LogP contribution in [0.3, 0.4) is 0 Å². The van der Waals surface area contributed by atoms with Crippen molar-refractivity contribution in [2.45, 2.75) is 19.9 Å². The molecule has 2 unspecified atom stereocenters. The first-order valence-corrected chi connectivity index (χ1v) is 7.24. The molecule has 0 aliphatic carbocycles. The predicted octanol–water partition coefficient (Wildman–Crippen LogP) is 2.26. The first-order chi connectivity index (χ1) is 8.99. The van der Waals surface area contributed by atoms with Crippen molar-refractivity contribution in [1.82, 2.24) is 5.32 Å². The molecule has 1 heterocycles. The SMILES string of the molecule is Cc1ccc(N2CC(C(=O)O)CNCC2C)cc1Br. The van der Waals surface area contributed by atoms with Gasteiger partial charge in [-0.15, -0.1) is 0 Å². The summed E-state index contributed by atoms with van der Waals surface area (Å²) in [7, 11) is 0. The molecule has 2 rings (SSSR count). The second-order valence-electron chi connectivity index (χ2n) is 5.13. The maximum Gasteiger partial charge on any atom is 0.309 e. The Morgan fingerprint density at radius 1 is 1.47 bits per heavy atom. The molecule has 4 nitrogen and oxygen atoms in total. The van der Waals surface area contributed by atoms with Gasteiger partial charge in [0.25, 0.3) is 0 Å². The zero-order chi connectivity index (χ0) is 14.0. The van der Waals surface area contributed by atoms with Gasteiger partial charge in [-0.25, -0.2) is 0 Å².